The Bertz CT molecular complexity index is 2280. The number of nitriles is 1. The van der Waals surface area contributed by atoms with Crippen molar-refractivity contribution in [3.8, 4) is 6.07 Å². The molecule has 0 aromatic carbocycles. The lowest BCUT2D eigenvalue weighted by Gasteiger charge is -2.63. The molecule has 0 aromatic heterocycles. The third-order valence-corrected chi connectivity index (χ3v) is 34.5. The summed E-state index contributed by atoms with van der Waals surface area (Å²) in [5, 5.41) is 22.1. The van der Waals surface area contributed by atoms with E-state index >= 15 is 0 Å². The molecule has 0 spiro atoms. The molecule has 22 unspecified atom stereocenters. The van der Waals surface area contributed by atoms with Gasteiger partial charge in [-0.25, -0.2) is 0 Å². The minimum atomic E-state index is 0.238. The van der Waals surface area contributed by atoms with Crippen LogP contribution in [0, 0.1) is 124 Å². The Morgan fingerprint density at radius 3 is 0.846 bits per heavy atom. The molecule has 0 bridgehead atoms. The summed E-state index contributed by atoms with van der Waals surface area (Å²) < 4.78 is 0. The van der Waals surface area contributed by atoms with Crippen LogP contribution in [0.5, 0.6) is 0 Å². The predicted octanol–water partition coefficient (Wildman–Crippen LogP) is 19.9. The van der Waals surface area contributed by atoms with E-state index in [1.54, 1.807) is 25.7 Å². The summed E-state index contributed by atoms with van der Waals surface area (Å²) >= 11 is 0. The van der Waals surface area contributed by atoms with Gasteiger partial charge < -0.3 is 10.6 Å². The Balaban J connectivity index is 0.763. The number of nitrogens with zero attached hydrogens (tertiary/aromatic N) is 4. The summed E-state index contributed by atoms with van der Waals surface area (Å²) in [5.41, 5.74) is 0. The first kappa shape index (κ1) is 63.7. The lowest BCUT2D eigenvalue weighted by atomic mass is 9.42. The highest BCUT2D eigenvalue weighted by atomic mass is 15.3. The van der Waals surface area contributed by atoms with Gasteiger partial charge in [0.2, 0.25) is 0 Å². The molecule has 12 aliphatic carbocycles. The fourth-order valence-corrected chi connectivity index (χ4v) is 31.7. The molecule has 0 aromatic rings. The van der Waals surface area contributed by atoms with Crippen LogP contribution in [0.4, 0.5) is 0 Å². The normalized spacial score (nSPS) is 52.4. The molecule has 6 nitrogen and oxygen atoms in total. The van der Waals surface area contributed by atoms with Crippen LogP contribution >= 0.6 is 0 Å². The Hall–Kier alpha value is -0.710. The maximum Gasteiger partial charge on any atom is 0.0662 e. The highest BCUT2D eigenvalue weighted by Gasteiger charge is 2.63. The molecule has 5 saturated heterocycles. The van der Waals surface area contributed by atoms with Crippen LogP contribution in [0.1, 0.15) is 335 Å². The highest BCUT2D eigenvalue weighted by molar-refractivity contribution is 5.16. The van der Waals surface area contributed by atoms with Crippen LogP contribution in [-0.2, 0) is 0 Å². The van der Waals surface area contributed by atoms with Crippen molar-refractivity contribution in [1.29, 1.82) is 5.26 Å². The van der Waals surface area contributed by atoms with Gasteiger partial charge >= 0.3 is 0 Å². The molecule has 5 heterocycles. The average Bonchev–Trinajstić information content (AvgIpc) is 1.54. The van der Waals surface area contributed by atoms with Crippen molar-refractivity contribution in [3.05, 3.63) is 0 Å². The first-order valence-electron chi connectivity index (χ1n) is 43.2. The van der Waals surface area contributed by atoms with Crippen molar-refractivity contribution in [2.75, 3.05) is 0 Å². The van der Waals surface area contributed by atoms with Gasteiger partial charge in [0.1, 0.15) is 0 Å². The standard InChI is InChI=1S/C85H140N6/c1-54-49-61(50-55(2)87-54)85-82(62-51-73(56-21-5-3-6-22-56)88-74(52-62)57-23-7-4-8-24-57)72(53-86)81(58-37-43-63(44-38-58)89-75-31-15-9-25-66(75)67-26-10-16-32-76(67)89)83(59-39-45-64(46-40-59)90-77-33-17-11-27-68(77)69-28-12-18-34-78(69)90)84(85)60-41-47-65(48-42-60)91-79-35-19-13-29-70(79)71-30-14-20-36-80(71)91/h54-85,87-88H,3-52H2,1-2H3. The van der Waals surface area contributed by atoms with E-state index in [0.29, 0.717) is 47.8 Å². The van der Waals surface area contributed by atoms with Crippen LogP contribution < -0.4 is 10.6 Å². The Labute approximate surface area is 559 Å². The van der Waals surface area contributed by atoms with Crippen LogP contribution in [-0.4, -0.2) is 93.2 Å². The first-order valence-corrected chi connectivity index (χ1v) is 43.2. The molecule has 5 aliphatic heterocycles. The lowest BCUT2D eigenvalue weighted by Crippen LogP contribution is -2.62. The number of hydrogen-bond donors (Lipinski definition) is 2. The first-order chi connectivity index (χ1) is 44.9. The molecule has 510 valence electrons. The molecular weight excluding hydrogens is 1100 g/mol. The van der Waals surface area contributed by atoms with Gasteiger partial charge in [-0.15, -0.1) is 0 Å². The van der Waals surface area contributed by atoms with Gasteiger partial charge in [0, 0.05) is 78.5 Å². The van der Waals surface area contributed by atoms with E-state index in [4.69, 9.17) is 5.32 Å². The molecule has 2 N–H and O–H groups in total. The zero-order valence-electron chi connectivity index (χ0n) is 59.1. The fourth-order valence-electron chi connectivity index (χ4n) is 31.7. The second-order valence-electron chi connectivity index (χ2n) is 38.3. The number of rotatable bonds is 10. The predicted molar refractivity (Wildman–Crippen MR) is 375 cm³/mol. The van der Waals surface area contributed by atoms with Crippen molar-refractivity contribution in [2.24, 2.45) is 112 Å². The molecule has 91 heavy (non-hydrogen) atoms. The maximum absolute atomic E-state index is 13.2. The Morgan fingerprint density at radius 1 is 0.253 bits per heavy atom. The number of hydrogen-bond acceptors (Lipinski definition) is 6. The van der Waals surface area contributed by atoms with E-state index < -0.39 is 0 Å². The quantitative estimate of drug-likeness (QED) is 0.227. The van der Waals surface area contributed by atoms with Gasteiger partial charge in [-0.05, 0) is 326 Å². The molecule has 0 radical (unpaired) electrons. The average molecular weight is 1250 g/mol. The lowest BCUT2D eigenvalue weighted by molar-refractivity contribution is -0.145. The van der Waals surface area contributed by atoms with Gasteiger partial charge in [0.25, 0.3) is 0 Å². The van der Waals surface area contributed by atoms with E-state index in [1.165, 1.54) is 295 Å². The third-order valence-electron chi connectivity index (χ3n) is 34.5. The van der Waals surface area contributed by atoms with Gasteiger partial charge in [-0.2, -0.15) is 5.26 Å². The molecule has 0 amide bonds. The topological polar surface area (TPSA) is 57.6 Å². The second kappa shape index (κ2) is 28.1. The molecule has 12 saturated carbocycles. The van der Waals surface area contributed by atoms with E-state index in [2.05, 4.69) is 39.9 Å². The molecular formula is C85H140N6. The zero-order chi connectivity index (χ0) is 60.7. The minimum absolute atomic E-state index is 0.238. The summed E-state index contributed by atoms with van der Waals surface area (Å²) in [6.07, 6.45) is 74.3. The Morgan fingerprint density at radius 2 is 0.516 bits per heavy atom. The monoisotopic (exact) mass is 1250 g/mol. The highest BCUT2D eigenvalue weighted by Crippen LogP contribution is 2.66. The van der Waals surface area contributed by atoms with Gasteiger partial charge in [-0.1, -0.05) is 116 Å². The van der Waals surface area contributed by atoms with Crippen LogP contribution in [0.2, 0.25) is 0 Å². The number of piperidine rings is 2. The number of fused-ring (bicyclic) bond motifs is 9. The second-order valence-corrected chi connectivity index (χ2v) is 38.3. The minimum Gasteiger partial charge on any atom is -0.312 e. The van der Waals surface area contributed by atoms with Crippen LogP contribution in [0.3, 0.4) is 0 Å². The van der Waals surface area contributed by atoms with Gasteiger partial charge in [0.05, 0.1) is 12.0 Å². The van der Waals surface area contributed by atoms with E-state index in [1.807, 2.05) is 0 Å². The molecule has 17 aliphatic rings. The van der Waals surface area contributed by atoms with Gasteiger partial charge in [-0.3, -0.25) is 14.7 Å². The van der Waals surface area contributed by atoms with E-state index in [0.717, 1.165) is 137 Å². The van der Waals surface area contributed by atoms with Crippen molar-refractivity contribution in [1.82, 2.24) is 25.3 Å². The van der Waals surface area contributed by atoms with Crippen LogP contribution in [0.25, 0.3) is 0 Å². The van der Waals surface area contributed by atoms with Crippen molar-refractivity contribution in [3.63, 3.8) is 0 Å². The molecule has 22 atom stereocenters. The SMILES string of the molecule is CC1CC(C2C(C3CC(C4CCCCC4)NC(C4CCCCC4)C3)C(C#N)C(C3CCC(N4C5CCCCC5C5CCCCC54)CC3)C(C3CCC(N4C5CCCCC5C5CCCCC54)CC3)C2C2CCC(N3C4CCCCC4C4CCCCC43)CC2)CC(C)N1. The number of nitrogens with one attached hydrogen (secondary N) is 2. The molecule has 6 heteroatoms. The third kappa shape index (κ3) is 12.1. The maximum atomic E-state index is 13.2. The smallest absolute Gasteiger partial charge is 0.0662 e. The molecule has 17 rings (SSSR count). The summed E-state index contributed by atoms with van der Waals surface area (Å²) in [6, 6.07) is 14.1. The number of likely N-dealkylation sites (tertiary alicyclic amines) is 3. The van der Waals surface area contributed by atoms with Crippen LogP contribution in [0.15, 0.2) is 0 Å². The Kier molecular flexibility index (Phi) is 19.7. The van der Waals surface area contributed by atoms with E-state index in [-0.39, 0.29) is 5.92 Å². The zero-order valence-corrected chi connectivity index (χ0v) is 59.1. The van der Waals surface area contributed by atoms with E-state index in [9.17, 15) is 5.26 Å². The van der Waals surface area contributed by atoms with Crippen molar-refractivity contribution < 1.29 is 0 Å². The summed E-state index contributed by atoms with van der Waals surface area (Å²) in [6.45, 7) is 5.24. The van der Waals surface area contributed by atoms with Crippen molar-refractivity contribution in [2.45, 2.75) is 413 Å². The molecule has 17 fully saturated rings. The summed E-state index contributed by atoms with van der Waals surface area (Å²) in [7, 11) is 0. The largest absolute Gasteiger partial charge is 0.312 e. The van der Waals surface area contributed by atoms with Crippen molar-refractivity contribution >= 4 is 0 Å². The summed E-state index contributed by atoms with van der Waals surface area (Å²) in [5.74, 6) is 15.3. The van der Waals surface area contributed by atoms with Gasteiger partial charge in [0.15, 0.2) is 0 Å². The fraction of sp³-hybridized carbons (Fsp3) is 0.988. The summed E-state index contributed by atoms with van der Waals surface area (Å²) in [4.78, 5) is 10.1.